The van der Waals surface area contributed by atoms with Crippen LogP contribution in [0.5, 0.6) is 0 Å². The molecule has 0 bridgehead atoms. The van der Waals surface area contributed by atoms with Gasteiger partial charge in [0.25, 0.3) is 0 Å². The van der Waals surface area contributed by atoms with Crippen molar-refractivity contribution in [2.24, 2.45) is 0 Å². The maximum Gasteiger partial charge on any atom is 0.0468 e. The number of hydrogen-bond acceptors (Lipinski definition) is 1. The minimum absolute atomic E-state index is 1.09. The van der Waals surface area contributed by atoms with Gasteiger partial charge in [0.15, 0.2) is 0 Å². The van der Waals surface area contributed by atoms with Gasteiger partial charge in [-0.2, -0.15) is 0 Å². The highest BCUT2D eigenvalue weighted by Gasteiger charge is 2.18. The SMILES string of the molecule is c1ccc(-c2cccc(-c3ccc(N(c4ccccc4)c4ccc(-c5cccc(-c6cccc7ccc8ccc9ccccc9c8c67)c5)c(-c5ccccc5)c4)cc3)c2)cc1. The van der Waals surface area contributed by atoms with Crippen molar-refractivity contribution < 1.29 is 0 Å². The number of rotatable bonds is 8. The van der Waals surface area contributed by atoms with Crippen LogP contribution in [0.1, 0.15) is 0 Å². The molecule has 0 spiro atoms. The van der Waals surface area contributed by atoms with Gasteiger partial charge in [0.05, 0.1) is 0 Å². The van der Waals surface area contributed by atoms with E-state index < -0.39 is 0 Å². The zero-order chi connectivity index (χ0) is 40.5. The van der Waals surface area contributed by atoms with Crippen molar-refractivity contribution in [3.8, 4) is 55.6 Å². The molecule has 0 aliphatic carbocycles. The molecule has 0 radical (unpaired) electrons. The number of benzene rings is 11. The standard InChI is InChI=1S/C60H41N/c1-4-15-42(16-5-1)48-21-12-22-49(39-48)43-33-35-53(36-34-43)61(52-25-8-3-9-26-52)54-37-38-55(58(41-54)44-17-6-2-7-18-44)50-23-13-24-51(40-50)57-28-14-20-46-31-32-47-30-29-45-19-10-11-27-56(45)60(47)59(46)57/h1-41H. The highest BCUT2D eigenvalue weighted by molar-refractivity contribution is 6.24. The van der Waals surface area contributed by atoms with E-state index >= 15 is 0 Å². The summed E-state index contributed by atoms with van der Waals surface area (Å²) in [6, 6.07) is 90.4. The average molecular weight is 776 g/mol. The molecule has 1 nitrogen and oxygen atoms in total. The topological polar surface area (TPSA) is 3.24 Å². The molecule has 0 aromatic heterocycles. The quantitative estimate of drug-likeness (QED) is 0.139. The van der Waals surface area contributed by atoms with Crippen LogP contribution in [0.2, 0.25) is 0 Å². The van der Waals surface area contributed by atoms with E-state index in [0.717, 1.165) is 17.1 Å². The van der Waals surface area contributed by atoms with Gasteiger partial charge in [0.2, 0.25) is 0 Å². The van der Waals surface area contributed by atoms with Gasteiger partial charge in [-0.05, 0) is 136 Å². The maximum absolute atomic E-state index is 2.38. The Hall–Kier alpha value is -8.00. The molecule has 0 fully saturated rings. The number of fused-ring (bicyclic) bond motifs is 5. The summed E-state index contributed by atoms with van der Waals surface area (Å²) in [5.74, 6) is 0. The molecule has 0 unspecified atom stereocenters. The van der Waals surface area contributed by atoms with Crippen molar-refractivity contribution in [1.29, 1.82) is 0 Å². The highest BCUT2D eigenvalue weighted by Crippen LogP contribution is 2.43. The lowest BCUT2D eigenvalue weighted by molar-refractivity contribution is 1.28. The van der Waals surface area contributed by atoms with E-state index in [9.17, 15) is 0 Å². The second-order valence-corrected chi connectivity index (χ2v) is 15.7. The third-order valence-electron chi connectivity index (χ3n) is 12.0. The molecule has 0 heterocycles. The first-order chi connectivity index (χ1) is 30.2. The molecule has 286 valence electrons. The third kappa shape index (κ3) is 6.83. The lowest BCUT2D eigenvalue weighted by atomic mass is 9.89. The summed E-state index contributed by atoms with van der Waals surface area (Å²) in [6.45, 7) is 0. The molecule has 0 aliphatic heterocycles. The van der Waals surface area contributed by atoms with Crippen LogP contribution in [0.15, 0.2) is 249 Å². The van der Waals surface area contributed by atoms with Gasteiger partial charge in [-0.15, -0.1) is 0 Å². The third-order valence-corrected chi connectivity index (χ3v) is 12.0. The minimum Gasteiger partial charge on any atom is -0.310 e. The van der Waals surface area contributed by atoms with Crippen molar-refractivity contribution in [3.63, 3.8) is 0 Å². The van der Waals surface area contributed by atoms with Crippen LogP contribution in [0.3, 0.4) is 0 Å². The molecule has 0 atom stereocenters. The van der Waals surface area contributed by atoms with Crippen LogP contribution in [0.4, 0.5) is 17.1 Å². The van der Waals surface area contributed by atoms with Crippen molar-refractivity contribution in [1.82, 2.24) is 0 Å². The van der Waals surface area contributed by atoms with Crippen molar-refractivity contribution >= 4 is 49.4 Å². The normalized spacial score (nSPS) is 11.3. The largest absolute Gasteiger partial charge is 0.310 e. The van der Waals surface area contributed by atoms with Gasteiger partial charge in [0.1, 0.15) is 0 Å². The average Bonchev–Trinajstić information content (AvgIpc) is 3.35. The smallest absolute Gasteiger partial charge is 0.0468 e. The van der Waals surface area contributed by atoms with Crippen LogP contribution in [0.25, 0.3) is 88.0 Å². The maximum atomic E-state index is 2.38. The predicted octanol–water partition coefficient (Wildman–Crippen LogP) is 17.0. The number of para-hydroxylation sites is 1. The first kappa shape index (κ1) is 36.1. The molecule has 0 saturated heterocycles. The van der Waals surface area contributed by atoms with E-state index in [1.165, 1.54) is 88.0 Å². The van der Waals surface area contributed by atoms with Gasteiger partial charge >= 0.3 is 0 Å². The summed E-state index contributed by atoms with van der Waals surface area (Å²) in [7, 11) is 0. The molecule has 61 heavy (non-hydrogen) atoms. The Bertz CT molecular complexity index is 3330. The van der Waals surface area contributed by atoms with Gasteiger partial charge in [-0.25, -0.2) is 0 Å². The van der Waals surface area contributed by atoms with Crippen LogP contribution < -0.4 is 4.90 Å². The lowest BCUT2D eigenvalue weighted by Gasteiger charge is -2.27. The number of anilines is 3. The second-order valence-electron chi connectivity index (χ2n) is 15.7. The second kappa shape index (κ2) is 15.6. The Morgan fingerprint density at radius 2 is 0.689 bits per heavy atom. The first-order valence-corrected chi connectivity index (χ1v) is 21.0. The Morgan fingerprint density at radius 3 is 1.41 bits per heavy atom. The molecular weight excluding hydrogens is 735 g/mol. The Kier molecular flexibility index (Phi) is 9.26. The van der Waals surface area contributed by atoms with Crippen molar-refractivity contribution in [2.45, 2.75) is 0 Å². The Balaban J connectivity index is 1.03. The van der Waals surface area contributed by atoms with E-state index in [1.807, 2.05) is 0 Å². The van der Waals surface area contributed by atoms with Gasteiger partial charge < -0.3 is 4.90 Å². The fourth-order valence-corrected chi connectivity index (χ4v) is 9.08. The molecule has 11 aromatic rings. The molecular formula is C60H41N. The summed E-state index contributed by atoms with van der Waals surface area (Å²) < 4.78 is 0. The van der Waals surface area contributed by atoms with Gasteiger partial charge in [-0.1, -0.05) is 200 Å². The fraction of sp³-hybridized carbons (Fsp3) is 0. The minimum atomic E-state index is 1.09. The molecule has 0 aliphatic rings. The van der Waals surface area contributed by atoms with E-state index in [4.69, 9.17) is 0 Å². The Morgan fingerprint density at radius 1 is 0.213 bits per heavy atom. The van der Waals surface area contributed by atoms with E-state index in [2.05, 4.69) is 254 Å². The number of hydrogen-bond donors (Lipinski definition) is 0. The summed E-state index contributed by atoms with van der Waals surface area (Å²) >= 11 is 0. The van der Waals surface area contributed by atoms with Crippen LogP contribution in [0, 0.1) is 0 Å². The van der Waals surface area contributed by atoms with Gasteiger partial charge in [0, 0.05) is 17.1 Å². The summed E-state index contributed by atoms with van der Waals surface area (Å²) in [4.78, 5) is 2.36. The Labute approximate surface area is 357 Å². The molecule has 0 N–H and O–H groups in total. The first-order valence-electron chi connectivity index (χ1n) is 21.0. The fourth-order valence-electron chi connectivity index (χ4n) is 9.08. The highest BCUT2D eigenvalue weighted by atomic mass is 15.1. The molecule has 0 amide bonds. The predicted molar refractivity (Wildman–Crippen MR) is 261 cm³/mol. The van der Waals surface area contributed by atoms with Crippen LogP contribution in [-0.2, 0) is 0 Å². The van der Waals surface area contributed by atoms with Crippen molar-refractivity contribution in [2.75, 3.05) is 4.90 Å². The summed E-state index contributed by atoms with van der Waals surface area (Å²) in [6.07, 6.45) is 0. The van der Waals surface area contributed by atoms with Crippen LogP contribution >= 0.6 is 0 Å². The zero-order valence-corrected chi connectivity index (χ0v) is 33.6. The van der Waals surface area contributed by atoms with Crippen molar-refractivity contribution in [3.05, 3.63) is 249 Å². The summed E-state index contributed by atoms with van der Waals surface area (Å²) in [5, 5.41) is 7.64. The molecule has 11 aromatic carbocycles. The number of nitrogens with zero attached hydrogens (tertiary/aromatic N) is 1. The van der Waals surface area contributed by atoms with Gasteiger partial charge in [-0.3, -0.25) is 0 Å². The molecule has 0 saturated carbocycles. The monoisotopic (exact) mass is 775 g/mol. The lowest BCUT2D eigenvalue weighted by Crippen LogP contribution is -2.10. The van der Waals surface area contributed by atoms with E-state index in [-0.39, 0.29) is 0 Å². The molecule has 11 rings (SSSR count). The zero-order valence-electron chi connectivity index (χ0n) is 33.6. The molecule has 1 heteroatoms. The van der Waals surface area contributed by atoms with Crippen LogP contribution in [-0.4, -0.2) is 0 Å². The van der Waals surface area contributed by atoms with E-state index in [1.54, 1.807) is 0 Å². The van der Waals surface area contributed by atoms with E-state index in [0.29, 0.717) is 0 Å². The summed E-state index contributed by atoms with van der Waals surface area (Å²) in [5.41, 5.74) is 15.3.